The normalized spacial score (nSPS) is 22.0. The number of benzene rings is 1. The van der Waals surface area contributed by atoms with Gasteiger partial charge in [-0.1, -0.05) is 69.7 Å². The Hall–Kier alpha value is -1.64. The van der Waals surface area contributed by atoms with Crippen molar-refractivity contribution >= 4 is 0 Å². The molecule has 0 aromatic heterocycles. The molecule has 3 aliphatic rings. The van der Waals surface area contributed by atoms with E-state index in [2.05, 4.69) is 62.6 Å². The molecule has 1 heterocycles. The molecule has 1 atom stereocenters. The number of allylic oxidation sites excluding steroid dienone is 3. The van der Waals surface area contributed by atoms with E-state index >= 15 is 0 Å². The van der Waals surface area contributed by atoms with Crippen LogP contribution in [0.5, 0.6) is 0 Å². The van der Waals surface area contributed by atoms with Crippen LogP contribution in [0, 0.1) is 0 Å². The van der Waals surface area contributed by atoms with Crippen LogP contribution >= 0.6 is 0 Å². The summed E-state index contributed by atoms with van der Waals surface area (Å²) in [6.45, 7) is 15.3. The minimum Gasteiger partial charge on any atom is -0.379 e. The van der Waals surface area contributed by atoms with Crippen LogP contribution in [0.2, 0.25) is 0 Å². The Kier molecular flexibility index (Phi) is 6.13. The van der Waals surface area contributed by atoms with Crippen molar-refractivity contribution in [3.8, 4) is 0 Å². The van der Waals surface area contributed by atoms with E-state index in [1.165, 1.54) is 29.6 Å². The predicted molar refractivity (Wildman–Crippen MR) is 123 cm³/mol. The zero-order chi connectivity index (χ0) is 20.4. The lowest BCUT2D eigenvalue weighted by atomic mass is 9.76. The lowest BCUT2D eigenvalue weighted by molar-refractivity contribution is -0.0116. The Morgan fingerprint density at radius 1 is 1.17 bits per heavy atom. The third-order valence-corrected chi connectivity index (χ3v) is 7.57. The van der Waals surface area contributed by atoms with Gasteiger partial charge in [0.25, 0.3) is 0 Å². The van der Waals surface area contributed by atoms with Gasteiger partial charge in [-0.3, -0.25) is 4.90 Å². The Morgan fingerprint density at radius 3 is 2.62 bits per heavy atom. The van der Waals surface area contributed by atoms with Crippen LogP contribution in [0.25, 0.3) is 0 Å². The Morgan fingerprint density at radius 2 is 1.93 bits per heavy atom. The molecule has 2 heteroatoms. The van der Waals surface area contributed by atoms with E-state index in [-0.39, 0.29) is 5.54 Å². The molecule has 0 saturated carbocycles. The first-order valence-corrected chi connectivity index (χ1v) is 11.7. The molecule has 4 rings (SSSR count). The molecule has 0 bridgehead atoms. The maximum absolute atomic E-state index is 5.63. The van der Waals surface area contributed by atoms with Gasteiger partial charge in [-0.05, 0) is 59.9 Å². The molecule has 1 unspecified atom stereocenters. The maximum Gasteiger partial charge on any atom is 0.0594 e. The second-order valence-electron chi connectivity index (χ2n) is 8.94. The molecule has 1 aromatic rings. The van der Waals surface area contributed by atoms with E-state index in [1.54, 1.807) is 16.7 Å². The summed E-state index contributed by atoms with van der Waals surface area (Å²) in [7, 11) is 0. The van der Waals surface area contributed by atoms with Crippen LogP contribution in [-0.2, 0) is 17.6 Å². The van der Waals surface area contributed by atoms with Crippen LogP contribution < -0.4 is 0 Å². The first-order chi connectivity index (χ1) is 14.1. The molecule has 0 amide bonds. The predicted octanol–water partition coefficient (Wildman–Crippen LogP) is 5.98. The van der Waals surface area contributed by atoms with E-state index in [0.29, 0.717) is 5.92 Å². The van der Waals surface area contributed by atoms with E-state index in [9.17, 15) is 0 Å². The van der Waals surface area contributed by atoms with Crippen molar-refractivity contribution in [3.05, 3.63) is 70.3 Å². The van der Waals surface area contributed by atoms with E-state index in [4.69, 9.17) is 4.74 Å². The molecule has 2 aliphatic carbocycles. The lowest BCUT2D eigenvalue weighted by Crippen LogP contribution is -2.54. The van der Waals surface area contributed by atoms with E-state index in [0.717, 1.165) is 52.0 Å². The van der Waals surface area contributed by atoms with Gasteiger partial charge in [-0.2, -0.15) is 0 Å². The van der Waals surface area contributed by atoms with E-state index < -0.39 is 0 Å². The summed E-state index contributed by atoms with van der Waals surface area (Å²) >= 11 is 0. The molecule has 0 N–H and O–H groups in total. The van der Waals surface area contributed by atoms with Crippen LogP contribution in [0.4, 0.5) is 0 Å². The van der Waals surface area contributed by atoms with Crippen molar-refractivity contribution in [2.24, 2.45) is 0 Å². The van der Waals surface area contributed by atoms with Gasteiger partial charge in [0.2, 0.25) is 0 Å². The average molecular weight is 392 g/mol. The van der Waals surface area contributed by atoms with Gasteiger partial charge in [0.1, 0.15) is 0 Å². The van der Waals surface area contributed by atoms with Gasteiger partial charge in [-0.15, -0.1) is 0 Å². The third-order valence-electron chi connectivity index (χ3n) is 7.57. The van der Waals surface area contributed by atoms with Gasteiger partial charge in [-0.25, -0.2) is 0 Å². The summed E-state index contributed by atoms with van der Waals surface area (Å²) in [4.78, 5) is 2.63. The Labute approximate surface area is 177 Å². The highest BCUT2D eigenvalue weighted by atomic mass is 16.5. The lowest BCUT2D eigenvalue weighted by Gasteiger charge is -2.47. The number of morpholine rings is 1. The molecule has 2 nitrogen and oxygen atoms in total. The number of aryl methyl sites for hydroxylation is 1. The SMILES string of the molecule is C=C(C1=CCC2C(=C1)Cc1cc(CCC)ccc12)C(CC)(CC)N1CCOCC1. The summed E-state index contributed by atoms with van der Waals surface area (Å²) in [6, 6.07) is 7.21. The molecule has 1 aliphatic heterocycles. The zero-order valence-corrected chi connectivity index (χ0v) is 18.6. The standard InChI is InChI=1S/C27H37NO/c1-5-8-21-9-11-25-23(17-21)19-24-18-22(10-12-26(24)25)20(4)27(6-2,7-3)28-13-15-29-16-14-28/h9-11,17-18,26H,4-8,12-16,19H2,1-3H3. The van der Waals surface area contributed by atoms with Crippen molar-refractivity contribution in [3.63, 3.8) is 0 Å². The first-order valence-electron chi connectivity index (χ1n) is 11.7. The maximum atomic E-state index is 5.63. The van der Waals surface area contributed by atoms with Gasteiger partial charge < -0.3 is 4.74 Å². The smallest absolute Gasteiger partial charge is 0.0594 e. The summed E-state index contributed by atoms with van der Waals surface area (Å²) in [5.41, 5.74) is 8.95. The molecule has 1 fully saturated rings. The first kappa shape index (κ1) is 20.6. The molecule has 156 valence electrons. The number of ether oxygens (including phenoxy) is 1. The highest BCUT2D eigenvalue weighted by Crippen LogP contribution is 2.46. The summed E-state index contributed by atoms with van der Waals surface area (Å²) < 4.78 is 5.63. The average Bonchev–Trinajstić information content (AvgIpc) is 3.13. The van der Waals surface area contributed by atoms with Gasteiger partial charge in [0.05, 0.1) is 13.2 Å². The minimum absolute atomic E-state index is 0.0548. The van der Waals surface area contributed by atoms with Crippen molar-refractivity contribution in [1.82, 2.24) is 4.90 Å². The van der Waals surface area contributed by atoms with Crippen molar-refractivity contribution in [2.45, 2.75) is 70.8 Å². The highest BCUT2D eigenvalue weighted by Gasteiger charge is 2.39. The number of fused-ring (bicyclic) bond motifs is 3. The second kappa shape index (κ2) is 8.62. The molecule has 1 saturated heterocycles. The van der Waals surface area contributed by atoms with Crippen LogP contribution in [0.3, 0.4) is 0 Å². The fourth-order valence-corrected chi connectivity index (χ4v) is 5.86. The van der Waals surface area contributed by atoms with Gasteiger partial charge >= 0.3 is 0 Å². The Bertz CT molecular complexity index is 821. The number of rotatable bonds is 7. The van der Waals surface area contributed by atoms with Crippen LogP contribution in [-0.4, -0.2) is 36.7 Å². The van der Waals surface area contributed by atoms with Crippen LogP contribution in [0.15, 0.2) is 53.6 Å². The van der Waals surface area contributed by atoms with Crippen molar-refractivity contribution in [1.29, 1.82) is 0 Å². The molecule has 0 radical (unpaired) electrons. The van der Waals surface area contributed by atoms with Crippen LogP contribution in [0.1, 0.15) is 69.1 Å². The number of hydrogen-bond acceptors (Lipinski definition) is 2. The quantitative estimate of drug-likeness (QED) is 0.567. The fraction of sp³-hybridized carbons (Fsp3) is 0.556. The monoisotopic (exact) mass is 391 g/mol. The Balaban J connectivity index is 1.58. The molecule has 0 spiro atoms. The zero-order valence-electron chi connectivity index (χ0n) is 18.6. The fourth-order valence-electron chi connectivity index (χ4n) is 5.86. The highest BCUT2D eigenvalue weighted by molar-refractivity contribution is 5.56. The molecular formula is C27H37NO. The summed E-state index contributed by atoms with van der Waals surface area (Å²) in [6.07, 6.45) is 11.8. The number of nitrogens with zero attached hydrogens (tertiary/aromatic N) is 1. The summed E-state index contributed by atoms with van der Waals surface area (Å²) in [5, 5.41) is 0. The molecule has 1 aromatic carbocycles. The van der Waals surface area contributed by atoms with E-state index in [1.807, 2.05) is 0 Å². The van der Waals surface area contributed by atoms with Gasteiger partial charge in [0.15, 0.2) is 0 Å². The van der Waals surface area contributed by atoms with Crippen molar-refractivity contribution in [2.75, 3.05) is 26.3 Å². The van der Waals surface area contributed by atoms with Crippen molar-refractivity contribution < 1.29 is 4.74 Å². The largest absolute Gasteiger partial charge is 0.379 e. The summed E-state index contributed by atoms with van der Waals surface area (Å²) in [5.74, 6) is 0.582. The number of hydrogen-bond donors (Lipinski definition) is 0. The third kappa shape index (κ3) is 3.66. The molecular weight excluding hydrogens is 354 g/mol. The van der Waals surface area contributed by atoms with Gasteiger partial charge in [0, 0.05) is 24.5 Å². The molecule has 29 heavy (non-hydrogen) atoms. The minimum atomic E-state index is 0.0548. The topological polar surface area (TPSA) is 12.5 Å². The second-order valence-corrected chi connectivity index (χ2v) is 8.94.